The van der Waals surface area contributed by atoms with Crippen molar-refractivity contribution in [1.29, 1.82) is 10.5 Å². The van der Waals surface area contributed by atoms with Gasteiger partial charge in [0.15, 0.2) is 0 Å². The Balaban J connectivity index is 1.05. The maximum absolute atomic E-state index is 11.9. The topological polar surface area (TPSA) is 63.9 Å². The lowest BCUT2D eigenvalue weighted by Crippen LogP contribution is -2.61. The summed E-state index contributed by atoms with van der Waals surface area (Å²) in [6, 6.07) is 95.6. The van der Waals surface area contributed by atoms with Crippen molar-refractivity contribution in [3.05, 3.63) is 282 Å². The van der Waals surface area contributed by atoms with Crippen molar-refractivity contribution in [3.8, 4) is 56.9 Å². The molecule has 0 saturated carbocycles. The number of hydrogen-bond donors (Lipinski definition) is 0. The zero-order valence-electron chi connectivity index (χ0n) is 60.9. The summed E-state index contributed by atoms with van der Waals surface area (Å²) >= 11 is 0. The van der Waals surface area contributed by atoms with Gasteiger partial charge in [-0.15, -0.1) is 0 Å². The van der Waals surface area contributed by atoms with Crippen LogP contribution in [0.1, 0.15) is 143 Å². The van der Waals surface area contributed by atoms with Crippen molar-refractivity contribution in [2.75, 3.05) is 9.80 Å². The molecule has 2 aliphatic heterocycles. The predicted octanol–water partition coefficient (Wildman–Crippen LogP) is 23.2. The largest absolute Gasteiger partial charge is 0.311 e. The van der Waals surface area contributed by atoms with E-state index in [0.717, 1.165) is 128 Å². The van der Waals surface area contributed by atoms with Crippen LogP contribution in [0.3, 0.4) is 0 Å². The molecule has 0 fully saturated rings. The zero-order valence-corrected chi connectivity index (χ0v) is 60.9. The van der Waals surface area contributed by atoms with Crippen molar-refractivity contribution < 1.29 is 0 Å². The fourth-order valence-corrected chi connectivity index (χ4v) is 15.8. The number of nitrogens with zero attached hydrogens (tertiary/aromatic N) is 6. The average Bonchev–Trinajstić information content (AvgIpc) is 1.45. The van der Waals surface area contributed by atoms with Gasteiger partial charge in [-0.05, 0) is 190 Å². The maximum atomic E-state index is 11.9. The van der Waals surface area contributed by atoms with Crippen molar-refractivity contribution in [3.63, 3.8) is 0 Å². The minimum Gasteiger partial charge on any atom is -0.311 e. The second-order valence-corrected chi connectivity index (χ2v) is 33.4. The van der Waals surface area contributed by atoms with E-state index < -0.39 is 0 Å². The van der Waals surface area contributed by atoms with Gasteiger partial charge in [0.25, 0.3) is 6.71 Å². The molecule has 0 bridgehead atoms. The molecule has 101 heavy (non-hydrogen) atoms. The Labute approximate surface area is 596 Å². The first-order valence-corrected chi connectivity index (χ1v) is 35.7. The Morgan fingerprint density at radius 3 is 1.04 bits per heavy atom. The first-order valence-electron chi connectivity index (χ1n) is 35.7. The molecule has 0 amide bonds. The van der Waals surface area contributed by atoms with Crippen molar-refractivity contribution >= 4 is 101 Å². The number of benzene rings is 12. The fourth-order valence-electron chi connectivity index (χ4n) is 15.8. The Kier molecular flexibility index (Phi) is 14.9. The standard InChI is InChI=1S/C94H85BN6/c1-90(2,3)66-38-32-58(33-39-66)65-50-87-89-88(51-65)101(84-54-71(40-34-62(84)57-97)98-79-28-20-16-24-73(79)74-25-17-21-29-80(74)98)86-49-60(64-46-69(93(10,11)12)53-70(47-64)94(13,14)15)37-43-78(86)95(89)77-42-36-59(63-44-67(91(4,5)6)52-68(45-63)92(7,8)9)48-85(77)99(87)72-41-35-61(56-96)83(55-72)100-81-30-22-18-26-75(81)76-27-19-23-31-82(76)100/h16-55H,1-15H3. The lowest BCUT2D eigenvalue weighted by Gasteiger charge is -2.45. The third kappa shape index (κ3) is 10.8. The highest BCUT2D eigenvalue weighted by atomic mass is 15.2. The number of hydrogen-bond acceptors (Lipinski definition) is 4. The molecule has 0 N–H and O–H groups in total. The van der Waals surface area contributed by atoms with Gasteiger partial charge in [-0.3, -0.25) is 0 Å². The maximum Gasteiger partial charge on any atom is 0.252 e. The number of para-hydroxylation sites is 4. The molecule has 14 aromatic rings. The molecule has 7 heteroatoms. The smallest absolute Gasteiger partial charge is 0.252 e. The van der Waals surface area contributed by atoms with Gasteiger partial charge in [0.1, 0.15) is 12.1 Å². The number of anilines is 6. The van der Waals surface area contributed by atoms with Crippen LogP contribution in [-0.4, -0.2) is 15.8 Å². The summed E-state index contributed by atoms with van der Waals surface area (Å²) in [4.78, 5) is 4.95. The normalized spacial score (nSPS) is 13.2. The zero-order chi connectivity index (χ0) is 70.6. The minimum atomic E-state index is -0.295. The third-order valence-corrected chi connectivity index (χ3v) is 21.5. The number of nitriles is 2. The summed E-state index contributed by atoms with van der Waals surface area (Å²) in [7, 11) is 0. The van der Waals surface area contributed by atoms with Crippen LogP contribution >= 0.6 is 0 Å². The summed E-state index contributed by atoms with van der Waals surface area (Å²) in [5.74, 6) is 0. The van der Waals surface area contributed by atoms with E-state index in [0.29, 0.717) is 11.1 Å². The van der Waals surface area contributed by atoms with E-state index in [9.17, 15) is 10.5 Å². The minimum absolute atomic E-state index is 0.0805. The highest BCUT2D eigenvalue weighted by Gasteiger charge is 2.45. The van der Waals surface area contributed by atoms with Gasteiger partial charge in [-0.25, -0.2) is 0 Å². The van der Waals surface area contributed by atoms with Crippen LogP contribution in [0.15, 0.2) is 243 Å². The second-order valence-electron chi connectivity index (χ2n) is 33.4. The van der Waals surface area contributed by atoms with Crippen molar-refractivity contribution in [1.82, 2.24) is 9.13 Å². The second kappa shape index (κ2) is 23.2. The van der Waals surface area contributed by atoms with Gasteiger partial charge in [0, 0.05) is 55.7 Å². The monoisotopic (exact) mass is 1310 g/mol. The van der Waals surface area contributed by atoms with Crippen LogP contribution in [0.25, 0.3) is 88.4 Å². The van der Waals surface area contributed by atoms with Crippen LogP contribution in [0, 0.1) is 22.7 Å². The number of aromatic nitrogens is 2. The van der Waals surface area contributed by atoms with E-state index >= 15 is 0 Å². The summed E-state index contributed by atoms with van der Waals surface area (Å²) in [5.41, 5.74) is 28.6. The summed E-state index contributed by atoms with van der Waals surface area (Å²) < 4.78 is 4.65. The number of fused-ring (bicyclic) bond motifs is 10. The van der Waals surface area contributed by atoms with Crippen molar-refractivity contribution in [2.24, 2.45) is 0 Å². The Hall–Kier alpha value is -11.1. The molecule has 16 rings (SSSR count). The quantitative estimate of drug-likeness (QED) is 0.149. The lowest BCUT2D eigenvalue weighted by atomic mass is 9.33. The van der Waals surface area contributed by atoms with Crippen LogP contribution in [0.5, 0.6) is 0 Å². The molecule has 4 heterocycles. The Bertz CT molecular complexity index is 5670. The van der Waals surface area contributed by atoms with Gasteiger partial charge >= 0.3 is 0 Å². The van der Waals surface area contributed by atoms with Gasteiger partial charge in [0.05, 0.1) is 44.6 Å². The molecule has 0 spiro atoms. The highest BCUT2D eigenvalue weighted by molar-refractivity contribution is 7.00. The first-order chi connectivity index (χ1) is 48.1. The van der Waals surface area contributed by atoms with E-state index in [1.165, 1.54) is 38.6 Å². The third-order valence-electron chi connectivity index (χ3n) is 21.5. The lowest BCUT2D eigenvalue weighted by molar-refractivity contribution is 0.568. The summed E-state index contributed by atoms with van der Waals surface area (Å²) in [5, 5.41) is 27.8. The molecular weight excluding hydrogens is 1220 g/mol. The average molecular weight is 1310 g/mol. The molecule has 494 valence electrons. The SMILES string of the molecule is CC(C)(C)c1ccc(-c2cc3c4c(c2)N(c2cc(-n5c6ccccc6c6ccccc65)ccc2C#N)c2cc(-c5cc(C(C)(C)C)cc(C(C)(C)C)c5)ccc2B4c2ccc(-c4cc(C(C)(C)C)cc(C(C)(C)C)c4)cc2N3c2ccc(C#N)c(-n3c4ccccc4c4ccccc43)c2)cc1. The molecule has 2 aromatic heterocycles. The molecular formula is C94H85BN6. The molecule has 0 radical (unpaired) electrons. The molecule has 6 nitrogen and oxygen atoms in total. The molecule has 0 atom stereocenters. The molecule has 0 aliphatic carbocycles. The van der Waals surface area contributed by atoms with Crippen LogP contribution in [0.2, 0.25) is 0 Å². The van der Waals surface area contributed by atoms with Gasteiger partial charge in [0.2, 0.25) is 0 Å². The van der Waals surface area contributed by atoms with E-state index in [-0.39, 0.29) is 33.8 Å². The van der Waals surface area contributed by atoms with Crippen LogP contribution in [-0.2, 0) is 27.1 Å². The number of rotatable bonds is 7. The van der Waals surface area contributed by atoms with Gasteiger partial charge in [-0.1, -0.05) is 262 Å². The first kappa shape index (κ1) is 64.6. The fraction of sp³-hybridized carbons (Fsp3) is 0.213. The van der Waals surface area contributed by atoms with Gasteiger partial charge < -0.3 is 18.9 Å². The van der Waals surface area contributed by atoms with Crippen LogP contribution in [0.4, 0.5) is 34.1 Å². The van der Waals surface area contributed by atoms with Crippen molar-refractivity contribution in [2.45, 2.75) is 131 Å². The van der Waals surface area contributed by atoms with E-state index in [1.807, 2.05) is 12.1 Å². The highest BCUT2D eigenvalue weighted by Crippen LogP contribution is 2.51. The predicted molar refractivity (Wildman–Crippen MR) is 428 cm³/mol. The molecule has 0 saturated heterocycles. The summed E-state index contributed by atoms with van der Waals surface area (Å²) in [6.45, 7) is 34.3. The Morgan fingerprint density at radius 2 is 0.614 bits per heavy atom. The van der Waals surface area contributed by atoms with E-state index in [1.54, 1.807) is 0 Å². The molecule has 2 aliphatic rings. The van der Waals surface area contributed by atoms with E-state index in [4.69, 9.17) is 0 Å². The Morgan fingerprint density at radius 1 is 0.267 bits per heavy atom. The summed E-state index contributed by atoms with van der Waals surface area (Å²) in [6.07, 6.45) is 0. The molecule has 12 aromatic carbocycles. The van der Waals surface area contributed by atoms with Crippen LogP contribution < -0.4 is 26.2 Å². The molecule has 0 unspecified atom stereocenters. The van der Waals surface area contributed by atoms with E-state index in [2.05, 4.69) is 365 Å². The van der Waals surface area contributed by atoms with Gasteiger partial charge in [-0.2, -0.15) is 10.5 Å².